The monoisotopic (exact) mass is 224 g/mol. The molecule has 5 nitrogen and oxygen atoms in total. The molecule has 0 fully saturated rings. The van der Waals surface area contributed by atoms with E-state index in [2.05, 4.69) is 28.7 Å². The first kappa shape index (κ1) is 12.5. The molecule has 0 spiro atoms. The van der Waals surface area contributed by atoms with Gasteiger partial charge in [0.05, 0.1) is 7.11 Å². The molecule has 0 aromatic carbocycles. The van der Waals surface area contributed by atoms with Crippen LogP contribution in [-0.2, 0) is 0 Å². The number of hydrogen-bond acceptors (Lipinski definition) is 5. The number of rotatable bonds is 5. The highest BCUT2D eigenvalue weighted by Gasteiger charge is 2.17. The molecule has 16 heavy (non-hydrogen) atoms. The molecule has 1 aromatic heterocycles. The second-order valence-corrected chi connectivity index (χ2v) is 3.70. The third-order valence-corrected chi connectivity index (χ3v) is 2.84. The zero-order valence-electron chi connectivity index (χ0n) is 10.4. The zero-order valence-corrected chi connectivity index (χ0v) is 10.4. The van der Waals surface area contributed by atoms with Gasteiger partial charge in [0.25, 0.3) is 0 Å². The van der Waals surface area contributed by atoms with Crippen LogP contribution >= 0.6 is 0 Å². The molecular weight excluding hydrogens is 204 g/mol. The number of nitrogens with two attached hydrogens (primary N) is 1. The van der Waals surface area contributed by atoms with Crippen LogP contribution in [0, 0.1) is 0 Å². The van der Waals surface area contributed by atoms with Gasteiger partial charge in [0.1, 0.15) is 12.0 Å². The van der Waals surface area contributed by atoms with E-state index in [0.29, 0.717) is 17.6 Å². The molecule has 90 valence electrons. The van der Waals surface area contributed by atoms with Crippen LogP contribution in [0.5, 0.6) is 5.88 Å². The molecule has 1 heterocycles. The molecule has 0 aliphatic heterocycles. The molecule has 2 N–H and O–H groups in total. The summed E-state index contributed by atoms with van der Waals surface area (Å²) in [6.07, 6.45) is 3.58. The number of ether oxygens (including phenoxy) is 1. The fourth-order valence-electron chi connectivity index (χ4n) is 1.82. The lowest BCUT2D eigenvalue weighted by molar-refractivity contribution is 0.399. The summed E-state index contributed by atoms with van der Waals surface area (Å²) < 4.78 is 5.08. The Labute approximate surface area is 96.6 Å². The van der Waals surface area contributed by atoms with Gasteiger partial charge in [0, 0.05) is 13.1 Å². The average Bonchev–Trinajstić information content (AvgIpc) is 2.30. The van der Waals surface area contributed by atoms with Crippen LogP contribution in [0.3, 0.4) is 0 Å². The van der Waals surface area contributed by atoms with Crippen molar-refractivity contribution >= 4 is 11.5 Å². The molecule has 1 rings (SSSR count). The molecule has 0 atom stereocenters. The fourth-order valence-corrected chi connectivity index (χ4v) is 1.82. The van der Waals surface area contributed by atoms with E-state index in [1.54, 1.807) is 7.11 Å². The fraction of sp³-hybridized carbons (Fsp3) is 0.636. The summed E-state index contributed by atoms with van der Waals surface area (Å²) in [5, 5.41) is 0. The summed E-state index contributed by atoms with van der Waals surface area (Å²) in [5.41, 5.74) is 6.45. The lowest BCUT2D eigenvalue weighted by Gasteiger charge is -2.28. The van der Waals surface area contributed by atoms with Crippen LogP contribution in [0.4, 0.5) is 11.5 Å². The number of aromatic nitrogens is 2. The number of nitrogen functional groups attached to an aromatic ring is 1. The summed E-state index contributed by atoms with van der Waals surface area (Å²) in [5.74, 6) is 1.17. The third-order valence-electron chi connectivity index (χ3n) is 2.84. The van der Waals surface area contributed by atoms with Crippen LogP contribution in [0.15, 0.2) is 6.33 Å². The van der Waals surface area contributed by atoms with Crippen molar-refractivity contribution in [3.05, 3.63) is 6.33 Å². The number of anilines is 2. The van der Waals surface area contributed by atoms with Crippen molar-refractivity contribution in [1.29, 1.82) is 0 Å². The van der Waals surface area contributed by atoms with Gasteiger partial charge in [0.2, 0.25) is 5.88 Å². The van der Waals surface area contributed by atoms with Crippen LogP contribution in [0.1, 0.15) is 26.7 Å². The van der Waals surface area contributed by atoms with Gasteiger partial charge in [-0.2, -0.15) is 4.98 Å². The van der Waals surface area contributed by atoms with E-state index >= 15 is 0 Å². The number of methoxy groups -OCH3 is 1. The second-order valence-electron chi connectivity index (χ2n) is 3.70. The topological polar surface area (TPSA) is 64.3 Å². The van der Waals surface area contributed by atoms with Crippen molar-refractivity contribution in [3.63, 3.8) is 0 Å². The summed E-state index contributed by atoms with van der Waals surface area (Å²) in [6, 6.07) is 0.432. The first-order chi connectivity index (χ1) is 7.65. The minimum Gasteiger partial charge on any atom is -0.479 e. The summed E-state index contributed by atoms with van der Waals surface area (Å²) >= 11 is 0. The van der Waals surface area contributed by atoms with Crippen molar-refractivity contribution < 1.29 is 4.74 Å². The Kier molecular flexibility index (Phi) is 4.34. The molecule has 0 saturated carbocycles. The van der Waals surface area contributed by atoms with Gasteiger partial charge in [-0.25, -0.2) is 4.98 Å². The molecule has 0 aliphatic rings. The Morgan fingerprint density at radius 3 is 2.50 bits per heavy atom. The molecule has 0 saturated heterocycles. The van der Waals surface area contributed by atoms with Crippen LogP contribution < -0.4 is 15.4 Å². The van der Waals surface area contributed by atoms with E-state index in [-0.39, 0.29) is 0 Å². The first-order valence-electron chi connectivity index (χ1n) is 5.52. The highest BCUT2D eigenvalue weighted by molar-refractivity contribution is 5.67. The summed E-state index contributed by atoms with van der Waals surface area (Å²) in [6.45, 7) is 4.30. The molecule has 0 unspecified atom stereocenters. The van der Waals surface area contributed by atoms with Gasteiger partial charge in [0.15, 0.2) is 5.82 Å². The normalized spacial score (nSPS) is 10.6. The van der Waals surface area contributed by atoms with E-state index in [9.17, 15) is 0 Å². The highest BCUT2D eigenvalue weighted by Crippen LogP contribution is 2.28. The highest BCUT2D eigenvalue weighted by atomic mass is 16.5. The van der Waals surface area contributed by atoms with Crippen LogP contribution in [0.25, 0.3) is 0 Å². The first-order valence-corrected chi connectivity index (χ1v) is 5.52. The third kappa shape index (κ3) is 2.35. The zero-order chi connectivity index (χ0) is 12.1. The van der Waals surface area contributed by atoms with Crippen LogP contribution in [0.2, 0.25) is 0 Å². The Morgan fingerprint density at radius 1 is 1.38 bits per heavy atom. The Hall–Kier alpha value is -1.52. The van der Waals surface area contributed by atoms with Gasteiger partial charge >= 0.3 is 0 Å². The smallest absolute Gasteiger partial charge is 0.242 e. The van der Waals surface area contributed by atoms with Gasteiger partial charge in [-0.05, 0) is 12.8 Å². The molecule has 1 aromatic rings. The van der Waals surface area contributed by atoms with Crippen molar-refractivity contribution in [3.8, 4) is 5.88 Å². The lowest BCUT2D eigenvalue weighted by atomic mass is 10.1. The minimum atomic E-state index is 0.432. The van der Waals surface area contributed by atoms with Gasteiger partial charge in [-0.3, -0.25) is 0 Å². The summed E-state index contributed by atoms with van der Waals surface area (Å²) in [7, 11) is 3.55. The number of hydrogen-bond donors (Lipinski definition) is 1. The van der Waals surface area contributed by atoms with Crippen molar-refractivity contribution in [2.75, 3.05) is 24.8 Å². The maximum Gasteiger partial charge on any atom is 0.242 e. The van der Waals surface area contributed by atoms with Crippen molar-refractivity contribution in [2.24, 2.45) is 0 Å². The maximum absolute atomic E-state index is 5.95. The predicted octanol–water partition coefficient (Wildman–Crippen LogP) is 1.69. The molecule has 0 bridgehead atoms. The van der Waals surface area contributed by atoms with E-state index in [4.69, 9.17) is 10.5 Å². The second kappa shape index (κ2) is 5.53. The average molecular weight is 224 g/mol. The molecule has 0 aliphatic carbocycles. The Bertz CT molecular complexity index is 339. The Balaban J connectivity index is 3.03. The largest absolute Gasteiger partial charge is 0.479 e. The maximum atomic E-state index is 5.95. The van der Waals surface area contributed by atoms with Gasteiger partial charge in [-0.1, -0.05) is 13.8 Å². The number of nitrogens with zero attached hydrogens (tertiary/aromatic N) is 3. The standard InChI is InChI=1S/C11H20N4O/c1-5-8(6-2)15(3)10-9(12)11(16-4)14-7-13-10/h7-8H,5-6,12H2,1-4H3. The molecule has 0 radical (unpaired) electrons. The van der Waals surface area contributed by atoms with E-state index in [0.717, 1.165) is 18.7 Å². The van der Waals surface area contributed by atoms with E-state index in [1.165, 1.54) is 6.33 Å². The molecular formula is C11H20N4O. The van der Waals surface area contributed by atoms with Gasteiger partial charge in [-0.15, -0.1) is 0 Å². The molecule has 0 amide bonds. The minimum absolute atomic E-state index is 0.432. The van der Waals surface area contributed by atoms with Crippen LogP contribution in [-0.4, -0.2) is 30.2 Å². The summed E-state index contributed by atoms with van der Waals surface area (Å²) in [4.78, 5) is 10.3. The van der Waals surface area contributed by atoms with E-state index < -0.39 is 0 Å². The van der Waals surface area contributed by atoms with E-state index in [1.807, 2.05) is 7.05 Å². The lowest BCUT2D eigenvalue weighted by Crippen LogP contribution is -2.31. The SMILES string of the molecule is CCC(CC)N(C)c1ncnc(OC)c1N. The van der Waals surface area contributed by atoms with Crippen molar-refractivity contribution in [1.82, 2.24) is 9.97 Å². The Morgan fingerprint density at radius 2 is 2.00 bits per heavy atom. The predicted molar refractivity (Wildman–Crippen MR) is 65.8 cm³/mol. The van der Waals surface area contributed by atoms with Crippen molar-refractivity contribution in [2.45, 2.75) is 32.7 Å². The molecule has 5 heteroatoms. The van der Waals surface area contributed by atoms with Gasteiger partial charge < -0.3 is 15.4 Å². The quantitative estimate of drug-likeness (QED) is 0.824.